The van der Waals surface area contributed by atoms with E-state index < -0.39 is 5.91 Å². The number of hydrogen-bond donors (Lipinski definition) is 3. The molecule has 114 valence electrons. The van der Waals surface area contributed by atoms with E-state index in [1.54, 1.807) is 24.3 Å². The number of likely N-dealkylation sites (N-methyl/N-ethyl adjacent to an activating group) is 1. The third kappa shape index (κ3) is 4.03. The predicted octanol–water partition coefficient (Wildman–Crippen LogP) is 0.408. The molecule has 1 aliphatic heterocycles. The SMILES string of the molecule is CCN(CC(=O)Nc1ccccc1C(N)=O)C1CCNC1. The van der Waals surface area contributed by atoms with E-state index in [0.29, 0.717) is 23.8 Å². The summed E-state index contributed by atoms with van der Waals surface area (Å²) in [6.07, 6.45) is 1.05. The number of nitrogens with two attached hydrogens (primary N) is 1. The Morgan fingerprint density at radius 2 is 2.19 bits per heavy atom. The van der Waals surface area contributed by atoms with Crippen LogP contribution in [0.4, 0.5) is 5.69 Å². The standard InChI is InChI=1S/C15H22N4O2/c1-2-19(11-7-8-17-9-11)10-14(20)18-13-6-4-3-5-12(13)15(16)21/h3-6,11,17H,2,7-10H2,1H3,(H2,16,21)(H,18,20). The smallest absolute Gasteiger partial charge is 0.250 e. The molecule has 2 rings (SSSR count). The first-order valence-corrected chi connectivity index (χ1v) is 7.25. The van der Waals surface area contributed by atoms with Crippen LogP contribution in [0.2, 0.25) is 0 Å². The second-order valence-corrected chi connectivity index (χ2v) is 5.17. The van der Waals surface area contributed by atoms with Gasteiger partial charge in [0.1, 0.15) is 0 Å². The summed E-state index contributed by atoms with van der Waals surface area (Å²) < 4.78 is 0. The lowest BCUT2D eigenvalue weighted by Crippen LogP contribution is -2.42. The fourth-order valence-corrected chi connectivity index (χ4v) is 2.63. The lowest BCUT2D eigenvalue weighted by Gasteiger charge is -2.26. The van der Waals surface area contributed by atoms with Gasteiger partial charge in [0.25, 0.3) is 5.91 Å². The van der Waals surface area contributed by atoms with E-state index in [-0.39, 0.29) is 5.91 Å². The van der Waals surface area contributed by atoms with Gasteiger partial charge in [-0.15, -0.1) is 0 Å². The van der Waals surface area contributed by atoms with E-state index >= 15 is 0 Å². The molecule has 1 atom stereocenters. The van der Waals surface area contributed by atoms with Crippen molar-refractivity contribution >= 4 is 17.5 Å². The molecule has 0 radical (unpaired) electrons. The molecule has 4 N–H and O–H groups in total. The van der Waals surface area contributed by atoms with Crippen LogP contribution in [0.5, 0.6) is 0 Å². The van der Waals surface area contributed by atoms with E-state index in [4.69, 9.17) is 5.73 Å². The summed E-state index contributed by atoms with van der Waals surface area (Å²) >= 11 is 0. The highest BCUT2D eigenvalue weighted by atomic mass is 16.2. The maximum Gasteiger partial charge on any atom is 0.250 e. The average Bonchev–Trinajstić information content (AvgIpc) is 2.99. The molecule has 1 aliphatic rings. The lowest BCUT2D eigenvalue weighted by atomic mass is 10.1. The van der Waals surface area contributed by atoms with Gasteiger partial charge in [-0.25, -0.2) is 0 Å². The van der Waals surface area contributed by atoms with Crippen LogP contribution in [0.25, 0.3) is 0 Å². The Morgan fingerprint density at radius 1 is 1.43 bits per heavy atom. The lowest BCUT2D eigenvalue weighted by molar-refractivity contribution is -0.117. The molecule has 1 aromatic rings. The van der Waals surface area contributed by atoms with E-state index in [1.807, 2.05) is 6.92 Å². The van der Waals surface area contributed by atoms with Crippen LogP contribution in [0.3, 0.4) is 0 Å². The summed E-state index contributed by atoms with van der Waals surface area (Å²) in [4.78, 5) is 25.7. The molecule has 1 heterocycles. The van der Waals surface area contributed by atoms with E-state index in [1.165, 1.54) is 0 Å². The molecule has 6 nitrogen and oxygen atoms in total. The number of carbonyl (C=O) groups is 2. The van der Waals surface area contributed by atoms with Crippen LogP contribution in [0.1, 0.15) is 23.7 Å². The minimum absolute atomic E-state index is 0.127. The average molecular weight is 290 g/mol. The Morgan fingerprint density at radius 3 is 2.81 bits per heavy atom. The molecule has 1 aromatic carbocycles. The van der Waals surface area contributed by atoms with Crippen molar-refractivity contribution in [2.24, 2.45) is 5.73 Å². The molecule has 21 heavy (non-hydrogen) atoms. The Bertz CT molecular complexity index is 512. The van der Waals surface area contributed by atoms with Crippen molar-refractivity contribution in [1.29, 1.82) is 0 Å². The third-order valence-electron chi connectivity index (χ3n) is 3.77. The second-order valence-electron chi connectivity index (χ2n) is 5.17. The summed E-state index contributed by atoms with van der Waals surface area (Å²) in [5.41, 5.74) is 6.11. The molecule has 1 fully saturated rings. The van der Waals surface area contributed by atoms with Crippen LogP contribution in [-0.4, -0.2) is 48.9 Å². The topological polar surface area (TPSA) is 87.5 Å². The van der Waals surface area contributed by atoms with Gasteiger partial charge in [0.2, 0.25) is 5.91 Å². The Hall–Kier alpha value is -1.92. The van der Waals surface area contributed by atoms with E-state index in [2.05, 4.69) is 15.5 Å². The minimum Gasteiger partial charge on any atom is -0.366 e. The van der Waals surface area contributed by atoms with Crippen molar-refractivity contribution < 1.29 is 9.59 Å². The van der Waals surface area contributed by atoms with Crippen LogP contribution in [0.15, 0.2) is 24.3 Å². The maximum absolute atomic E-state index is 12.2. The first-order chi connectivity index (χ1) is 10.1. The van der Waals surface area contributed by atoms with Gasteiger partial charge >= 0.3 is 0 Å². The van der Waals surface area contributed by atoms with Gasteiger partial charge in [0, 0.05) is 12.6 Å². The summed E-state index contributed by atoms with van der Waals surface area (Å²) in [5.74, 6) is -0.671. The number of nitrogens with one attached hydrogen (secondary N) is 2. The number of amides is 2. The summed E-state index contributed by atoms with van der Waals surface area (Å²) in [5, 5.41) is 6.08. The van der Waals surface area contributed by atoms with Gasteiger partial charge in [-0.1, -0.05) is 19.1 Å². The number of rotatable bonds is 6. The van der Waals surface area contributed by atoms with Crippen molar-refractivity contribution in [2.75, 3.05) is 31.5 Å². The summed E-state index contributed by atoms with van der Waals surface area (Å²) in [6, 6.07) is 7.17. The van der Waals surface area contributed by atoms with Gasteiger partial charge in [-0.3, -0.25) is 14.5 Å². The quantitative estimate of drug-likeness (QED) is 0.708. The highest BCUT2D eigenvalue weighted by molar-refractivity contribution is 6.03. The van der Waals surface area contributed by atoms with Crippen LogP contribution >= 0.6 is 0 Å². The van der Waals surface area contributed by atoms with Gasteiger partial charge < -0.3 is 16.4 Å². The molecule has 1 saturated heterocycles. The van der Waals surface area contributed by atoms with Crippen LogP contribution in [-0.2, 0) is 4.79 Å². The van der Waals surface area contributed by atoms with E-state index in [0.717, 1.165) is 26.1 Å². The first-order valence-electron chi connectivity index (χ1n) is 7.25. The molecule has 1 unspecified atom stereocenters. The van der Waals surface area contributed by atoms with Crippen molar-refractivity contribution in [3.63, 3.8) is 0 Å². The van der Waals surface area contributed by atoms with Crippen LogP contribution < -0.4 is 16.4 Å². The number of benzene rings is 1. The Balaban J connectivity index is 1.99. The number of anilines is 1. The monoisotopic (exact) mass is 290 g/mol. The molecular weight excluding hydrogens is 268 g/mol. The van der Waals surface area contributed by atoms with Gasteiger partial charge in [-0.2, -0.15) is 0 Å². The molecule has 0 aromatic heterocycles. The van der Waals surface area contributed by atoms with Gasteiger partial charge in [0.15, 0.2) is 0 Å². The highest BCUT2D eigenvalue weighted by Gasteiger charge is 2.23. The van der Waals surface area contributed by atoms with Crippen LogP contribution in [0, 0.1) is 0 Å². The highest BCUT2D eigenvalue weighted by Crippen LogP contribution is 2.15. The number of carbonyl (C=O) groups excluding carboxylic acids is 2. The van der Waals surface area contributed by atoms with Crippen molar-refractivity contribution in [3.05, 3.63) is 29.8 Å². The maximum atomic E-state index is 12.2. The van der Waals surface area contributed by atoms with Crippen molar-refractivity contribution in [2.45, 2.75) is 19.4 Å². The molecule has 6 heteroatoms. The summed E-state index contributed by atoms with van der Waals surface area (Å²) in [7, 11) is 0. The predicted molar refractivity (Wildman–Crippen MR) is 82.1 cm³/mol. The molecule has 0 spiro atoms. The first kappa shape index (κ1) is 15.5. The zero-order chi connectivity index (χ0) is 15.2. The second kappa shape index (κ2) is 7.19. The number of para-hydroxylation sites is 1. The molecule has 0 saturated carbocycles. The third-order valence-corrected chi connectivity index (χ3v) is 3.77. The molecule has 2 amide bonds. The molecule has 0 aliphatic carbocycles. The number of nitrogens with zero attached hydrogens (tertiary/aromatic N) is 1. The largest absolute Gasteiger partial charge is 0.366 e. The zero-order valence-electron chi connectivity index (χ0n) is 12.3. The van der Waals surface area contributed by atoms with Gasteiger partial charge in [-0.05, 0) is 31.6 Å². The Kier molecular flexibility index (Phi) is 5.30. The Labute approximate surface area is 124 Å². The molecule has 0 bridgehead atoms. The fraction of sp³-hybridized carbons (Fsp3) is 0.467. The van der Waals surface area contributed by atoms with Crippen molar-refractivity contribution in [3.8, 4) is 0 Å². The summed E-state index contributed by atoms with van der Waals surface area (Å²) in [6.45, 7) is 5.09. The van der Waals surface area contributed by atoms with Crippen molar-refractivity contribution in [1.82, 2.24) is 10.2 Å². The minimum atomic E-state index is -0.543. The van der Waals surface area contributed by atoms with E-state index in [9.17, 15) is 9.59 Å². The normalized spacial score (nSPS) is 17.9. The zero-order valence-corrected chi connectivity index (χ0v) is 12.3. The number of hydrogen-bond acceptors (Lipinski definition) is 4. The molecular formula is C15H22N4O2. The fourth-order valence-electron chi connectivity index (χ4n) is 2.63. The van der Waals surface area contributed by atoms with Gasteiger partial charge in [0.05, 0.1) is 17.8 Å². The number of primary amides is 1.